The molecule has 0 aliphatic carbocycles. The molecule has 128 valence electrons. The molecule has 1 unspecified atom stereocenters. The minimum Gasteiger partial charge on any atom is -0.479 e. The van der Waals surface area contributed by atoms with Crippen LogP contribution in [-0.2, 0) is 23.8 Å². The number of hydrogen-bond donors (Lipinski definition) is 5. The van der Waals surface area contributed by atoms with Crippen LogP contribution in [0.15, 0.2) is 0 Å². The summed E-state index contributed by atoms with van der Waals surface area (Å²) >= 11 is 0. The van der Waals surface area contributed by atoms with Gasteiger partial charge in [-0.2, -0.15) is 0 Å². The summed E-state index contributed by atoms with van der Waals surface area (Å²) in [6.07, 6.45) is -6.28. The monoisotopic (exact) mass is 322 g/mol. The highest BCUT2D eigenvalue weighted by atomic mass is 16.7. The SMILES string of the molecule is CC(O[C@@H]1[C@@H](N)[C@@H](O)O[C@H](CO)[C@H]1OC(=O)[C@H](C)N)C(=O)O. The summed E-state index contributed by atoms with van der Waals surface area (Å²) < 4.78 is 15.4. The van der Waals surface area contributed by atoms with Crippen LogP contribution in [0.2, 0.25) is 0 Å². The third kappa shape index (κ3) is 4.35. The summed E-state index contributed by atoms with van der Waals surface area (Å²) in [6.45, 7) is 2.06. The van der Waals surface area contributed by atoms with Gasteiger partial charge in [-0.15, -0.1) is 0 Å². The van der Waals surface area contributed by atoms with Crippen LogP contribution in [0.25, 0.3) is 0 Å². The molecule has 1 heterocycles. The maximum atomic E-state index is 11.7. The summed E-state index contributed by atoms with van der Waals surface area (Å²) in [5.41, 5.74) is 11.1. The van der Waals surface area contributed by atoms with E-state index in [1.165, 1.54) is 13.8 Å². The lowest BCUT2D eigenvalue weighted by Gasteiger charge is -2.43. The molecule has 0 bridgehead atoms. The maximum Gasteiger partial charge on any atom is 0.332 e. The Morgan fingerprint density at radius 2 is 1.91 bits per heavy atom. The fourth-order valence-electron chi connectivity index (χ4n) is 1.93. The summed E-state index contributed by atoms with van der Waals surface area (Å²) in [5, 5.41) is 27.9. The normalized spacial score (nSPS) is 34.7. The zero-order valence-electron chi connectivity index (χ0n) is 12.3. The molecule has 1 rings (SSSR count). The second-order valence-electron chi connectivity index (χ2n) is 5.10. The van der Waals surface area contributed by atoms with Gasteiger partial charge in [0.15, 0.2) is 18.5 Å². The Morgan fingerprint density at radius 1 is 1.32 bits per heavy atom. The van der Waals surface area contributed by atoms with Crippen molar-refractivity contribution in [3.8, 4) is 0 Å². The Morgan fingerprint density at radius 3 is 2.36 bits per heavy atom. The Bertz CT molecular complexity index is 405. The van der Waals surface area contributed by atoms with Crippen molar-refractivity contribution in [2.45, 2.75) is 56.6 Å². The van der Waals surface area contributed by atoms with E-state index >= 15 is 0 Å². The molecule has 0 spiro atoms. The molecule has 22 heavy (non-hydrogen) atoms. The summed E-state index contributed by atoms with van der Waals surface area (Å²) in [6, 6.07) is -2.12. The van der Waals surface area contributed by atoms with Gasteiger partial charge in [0.1, 0.15) is 18.2 Å². The third-order valence-electron chi connectivity index (χ3n) is 3.23. The molecule has 7 atom stereocenters. The van der Waals surface area contributed by atoms with Crippen LogP contribution in [0.5, 0.6) is 0 Å². The number of nitrogens with two attached hydrogens (primary N) is 2. The zero-order chi connectivity index (χ0) is 17.0. The molecular formula is C12H22N2O8. The van der Waals surface area contributed by atoms with E-state index in [1.807, 2.05) is 0 Å². The molecular weight excluding hydrogens is 300 g/mol. The van der Waals surface area contributed by atoms with E-state index in [9.17, 15) is 19.8 Å². The van der Waals surface area contributed by atoms with E-state index in [0.717, 1.165) is 0 Å². The molecule has 0 aromatic carbocycles. The van der Waals surface area contributed by atoms with Crippen molar-refractivity contribution < 1.29 is 39.1 Å². The number of carboxylic acid groups (broad SMARTS) is 1. The molecule has 10 nitrogen and oxygen atoms in total. The predicted octanol–water partition coefficient (Wildman–Crippen LogP) is -2.86. The number of rotatable bonds is 6. The second kappa shape index (κ2) is 7.81. The van der Waals surface area contributed by atoms with Crippen molar-refractivity contribution >= 4 is 11.9 Å². The number of carbonyl (C=O) groups is 2. The smallest absolute Gasteiger partial charge is 0.332 e. The quantitative estimate of drug-likeness (QED) is 0.320. The molecule has 0 saturated carbocycles. The fraction of sp³-hybridized carbons (Fsp3) is 0.833. The zero-order valence-corrected chi connectivity index (χ0v) is 12.3. The van der Waals surface area contributed by atoms with Gasteiger partial charge in [0.2, 0.25) is 0 Å². The first-order valence-corrected chi connectivity index (χ1v) is 6.73. The molecule has 10 heteroatoms. The Hall–Kier alpha value is -1.30. The van der Waals surface area contributed by atoms with Crippen molar-refractivity contribution in [2.24, 2.45) is 11.5 Å². The van der Waals surface area contributed by atoms with Gasteiger partial charge in [0, 0.05) is 0 Å². The van der Waals surface area contributed by atoms with E-state index in [2.05, 4.69) is 0 Å². The first-order chi connectivity index (χ1) is 10.2. The van der Waals surface area contributed by atoms with Gasteiger partial charge in [0.25, 0.3) is 0 Å². The number of aliphatic hydroxyl groups excluding tert-OH is 2. The molecule has 0 radical (unpaired) electrons. The molecule has 7 N–H and O–H groups in total. The van der Waals surface area contributed by atoms with Gasteiger partial charge in [-0.1, -0.05) is 0 Å². The van der Waals surface area contributed by atoms with E-state index < -0.39 is 61.3 Å². The molecule has 0 aromatic rings. The Balaban J connectivity index is 2.99. The number of esters is 1. The van der Waals surface area contributed by atoms with Gasteiger partial charge >= 0.3 is 11.9 Å². The first-order valence-electron chi connectivity index (χ1n) is 6.73. The highest BCUT2D eigenvalue weighted by Gasteiger charge is 2.47. The second-order valence-corrected chi connectivity index (χ2v) is 5.10. The van der Waals surface area contributed by atoms with Gasteiger partial charge in [-0.25, -0.2) is 4.79 Å². The van der Waals surface area contributed by atoms with Crippen LogP contribution in [0.1, 0.15) is 13.8 Å². The highest BCUT2D eigenvalue weighted by Crippen LogP contribution is 2.25. The van der Waals surface area contributed by atoms with Crippen LogP contribution in [0, 0.1) is 0 Å². The third-order valence-corrected chi connectivity index (χ3v) is 3.23. The maximum absolute atomic E-state index is 11.7. The number of aliphatic hydroxyl groups is 2. The van der Waals surface area contributed by atoms with Crippen LogP contribution in [0.3, 0.4) is 0 Å². The van der Waals surface area contributed by atoms with Crippen LogP contribution in [-0.4, -0.2) is 76.7 Å². The van der Waals surface area contributed by atoms with Crippen LogP contribution in [0.4, 0.5) is 0 Å². The minimum atomic E-state index is -1.51. The van der Waals surface area contributed by atoms with E-state index in [0.29, 0.717) is 0 Å². The number of ether oxygens (including phenoxy) is 3. The number of aliphatic carboxylic acids is 1. The molecule has 1 saturated heterocycles. The summed E-state index contributed by atoms with van der Waals surface area (Å²) in [7, 11) is 0. The van der Waals surface area contributed by atoms with Crippen molar-refractivity contribution in [2.75, 3.05) is 6.61 Å². The number of carbonyl (C=O) groups excluding carboxylic acids is 1. The van der Waals surface area contributed by atoms with Crippen molar-refractivity contribution in [3.63, 3.8) is 0 Å². The first kappa shape index (κ1) is 18.7. The Kier molecular flexibility index (Phi) is 6.66. The van der Waals surface area contributed by atoms with Crippen molar-refractivity contribution in [1.29, 1.82) is 0 Å². The highest BCUT2D eigenvalue weighted by molar-refractivity contribution is 5.75. The number of hydrogen-bond acceptors (Lipinski definition) is 9. The van der Waals surface area contributed by atoms with E-state index in [4.69, 9.17) is 30.8 Å². The van der Waals surface area contributed by atoms with Gasteiger partial charge in [0.05, 0.1) is 12.6 Å². The molecule has 0 amide bonds. The molecule has 0 aromatic heterocycles. The standard InChI is InChI=1S/C12H22N2O8/c1-4(13)11(18)22-8-6(3-15)21-12(19)7(14)9(8)20-5(2)10(16)17/h4-9,12,15,19H,3,13-14H2,1-2H3,(H,16,17)/t4-,5?,6+,7+,8+,9+,12-/m0/s1. The van der Waals surface area contributed by atoms with Gasteiger partial charge in [-0.05, 0) is 13.8 Å². The van der Waals surface area contributed by atoms with Gasteiger partial charge in [-0.3, -0.25) is 4.79 Å². The topological polar surface area (TPSA) is 175 Å². The van der Waals surface area contributed by atoms with Crippen molar-refractivity contribution in [3.05, 3.63) is 0 Å². The molecule has 1 aliphatic rings. The number of carboxylic acids is 1. The largest absolute Gasteiger partial charge is 0.479 e. The lowest BCUT2D eigenvalue weighted by Crippen LogP contribution is -2.65. The molecule has 1 fully saturated rings. The van der Waals surface area contributed by atoms with E-state index in [1.54, 1.807) is 0 Å². The average Bonchev–Trinajstić information content (AvgIpc) is 2.45. The lowest BCUT2D eigenvalue weighted by molar-refractivity contribution is -0.268. The van der Waals surface area contributed by atoms with Gasteiger partial charge < -0.3 is 41.0 Å². The molecule has 1 aliphatic heterocycles. The van der Waals surface area contributed by atoms with E-state index in [-0.39, 0.29) is 0 Å². The van der Waals surface area contributed by atoms with Crippen LogP contribution >= 0.6 is 0 Å². The fourth-order valence-corrected chi connectivity index (χ4v) is 1.93. The summed E-state index contributed by atoms with van der Waals surface area (Å²) in [4.78, 5) is 22.6. The lowest BCUT2D eigenvalue weighted by atomic mass is 9.97. The predicted molar refractivity (Wildman–Crippen MR) is 71.4 cm³/mol. The Labute approximate surface area is 126 Å². The van der Waals surface area contributed by atoms with Crippen LogP contribution < -0.4 is 11.5 Å². The average molecular weight is 322 g/mol. The van der Waals surface area contributed by atoms with Crippen molar-refractivity contribution in [1.82, 2.24) is 0 Å². The minimum absolute atomic E-state index is 0.595. The summed E-state index contributed by atoms with van der Waals surface area (Å²) in [5.74, 6) is -2.06.